The summed E-state index contributed by atoms with van der Waals surface area (Å²) in [7, 11) is 1.84. The van der Waals surface area contributed by atoms with Crippen molar-refractivity contribution in [3.05, 3.63) is 62.6 Å². The van der Waals surface area contributed by atoms with Crippen LogP contribution in [0.2, 0.25) is 5.02 Å². The van der Waals surface area contributed by atoms with Crippen LogP contribution in [-0.4, -0.2) is 15.7 Å². The van der Waals surface area contributed by atoms with Crippen LogP contribution in [0.1, 0.15) is 26.5 Å². The molecule has 3 rings (SSSR count). The summed E-state index contributed by atoms with van der Waals surface area (Å²) < 4.78 is 7.48. The van der Waals surface area contributed by atoms with Crippen LogP contribution in [-0.2, 0) is 13.7 Å². The highest BCUT2D eigenvalue weighted by Crippen LogP contribution is 2.27. The van der Waals surface area contributed by atoms with E-state index in [9.17, 15) is 4.79 Å². The molecule has 0 saturated carbocycles. The van der Waals surface area contributed by atoms with Gasteiger partial charge in [0.25, 0.3) is 5.91 Å². The fraction of sp³-hybridized carbons (Fsp3) is 0.222. The summed E-state index contributed by atoms with van der Waals surface area (Å²) >= 11 is 7.51. The van der Waals surface area contributed by atoms with Gasteiger partial charge in [0, 0.05) is 12.6 Å². The Balaban J connectivity index is 1.64. The quantitative estimate of drug-likeness (QED) is 0.709. The van der Waals surface area contributed by atoms with Crippen molar-refractivity contribution in [2.75, 3.05) is 5.32 Å². The second kappa shape index (κ2) is 7.29. The Morgan fingerprint density at radius 2 is 2.16 bits per heavy atom. The average molecular weight is 376 g/mol. The Morgan fingerprint density at radius 1 is 1.36 bits per heavy atom. The molecule has 0 aliphatic carbocycles. The maximum atomic E-state index is 12.4. The molecule has 2 heterocycles. The number of aromatic nitrogens is 2. The third-order valence-corrected chi connectivity index (χ3v) is 5.13. The number of ether oxygens (including phenoxy) is 1. The molecule has 0 spiro atoms. The van der Waals surface area contributed by atoms with Gasteiger partial charge in [-0.25, -0.2) is 0 Å². The average Bonchev–Trinajstić information content (AvgIpc) is 3.18. The van der Waals surface area contributed by atoms with Crippen molar-refractivity contribution in [3.63, 3.8) is 0 Å². The number of hydrogen-bond donors (Lipinski definition) is 1. The minimum atomic E-state index is -0.152. The highest BCUT2D eigenvalue weighted by Gasteiger charge is 2.13. The number of amides is 1. The number of benzene rings is 1. The smallest absolute Gasteiger partial charge is 0.265 e. The van der Waals surface area contributed by atoms with Gasteiger partial charge in [-0.3, -0.25) is 9.48 Å². The Kier molecular flexibility index (Phi) is 5.11. The Bertz CT molecular complexity index is 917. The normalized spacial score (nSPS) is 10.7. The lowest BCUT2D eigenvalue weighted by atomic mass is 10.2. The lowest BCUT2D eigenvalue weighted by molar-refractivity contribution is 0.103. The zero-order chi connectivity index (χ0) is 18.0. The number of halogens is 1. The number of aryl methyl sites for hydroxylation is 2. The molecule has 1 N–H and O–H groups in total. The summed E-state index contributed by atoms with van der Waals surface area (Å²) in [5, 5.41) is 9.48. The zero-order valence-electron chi connectivity index (χ0n) is 14.2. The summed E-state index contributed by atoms with van der Waals surface area (Å²) in [5.41, 5.74) is 3.63. The predicted octanol–water partition coefficient (Wildman–Crippen LogP) is 4.58. The first kappa shape index (κ1) is 17.5. The van der Waals surface area contributed by atoms with E-state index in [1.807, 2.05) is 50.5 Å². The minimum absolute atomic E-state index is 0.152. The van der Waals surface area contributed by atoms with Gasteiger partial charge in [0.2, 0.25) is 0 Å². The van der Waals surface area contributed by atoms with Crippen LogP contribution >= 0.6 is 22.9 Å². The summed E-state index contributed by atoms with van der Waals surface area (Å²) in [4.78, 5) is 13.0. The van der Waals surface area contributed by atoms with Gasteiger partial charge in [-0.15, -0.1) is 11.3 Å². The first-order valence-electron chi connectivity index (χ1n) is 7.70. The van der Waals surface area contributed by atoms with Gasteiger partial charge in [-0.1, -0.05) is 17.7 Å². The third-order valence-electron chi connectivity index (χ3n) is 3.84. The minimum Gasteiger partial charge on any atom is -0.487 e. The van der Waals surface area contributed by atoms with Crippen LogP contribution in [0.15, 0.2) is 35.8 Å². The summed E-state index contributed by atoms with van der Waals surface area (Å²) in [5.74, 6) is 0.491. The van der Waals surface area contributed by atoms with E-state index < -0.39 is 0 Å². The highest BCUT2D eigenvalue weighted by molar-refractivity contribution is 7.12. The second-order valence-electron chi connectivity index (χ2n) is 5.76. The number of rotatable bonds is 5. The molecule has 0 aliphatic rings. The van der Waals surface area contributed by atoms with E-state index in [4.69, 9.17) is 16.3 Å². The number of nitrogens with zero attached hydrogens (tertiary/aromatic N) is 2. The van der Waals surface area contributed by atoms with Crippen LogP contribution in [0.4, 0.5) is 5.69 Å². The SMILES string of the molecule is Cc1ccc(Cl)c(OCc2csc(C(=O)Nc3cnn(C)c3C)c2)c1. The number of carbonyl (C=O) groups excluding carboxylic acids is 1. The first-order valence-corrected chi connectivity index (χ1v) is 8.96. The lowest BCUT2D eigenvalue weighted by Crippen LogP contribution is -2.10. The molecule has 1 amide bonds. The Morgan fingerprint density at radius 3 is 2.88 bits per heavy atom. The number of hydrogen-bond acceptors (Lipinski definition) is 4. The summed E-state index contributed by atoms with van der Waals surface area (Å²) in [6, 6.07) is 7.47. The fourth-order valence-corrected chi connectivity index (χ4v) is 3.22. The summed E-state index contributed by atoms with van der Waals surface area (Å²) in [6.07, 6.45) is 1.64. The molecular weight excluding hydrogens is 358 g/mol. The molecular formula is C18H18ClN3O2S. The number of nitrogens with one attached hydrogen (secondary N) is 1. The van der Waals surface area contributed by atoms with Crippen molar-refractivity contribution in [3.8, 4) is 5.75 Å². The molecule has 0 fully saturated rings. The molecule has 2 aromatic heterocycles. The molecule has 5 nitrogen and oxygen atoms in total. The van der Waals surface area contributed by atoms with E-state index in [-0.39, 0.29) is 5.91 Å². The lowest BCUT2D eigenvalue weighted by Gasteiger charge is -2.07. The molecule has 130 valence electrons. The Hall–Kier alpha value is -2.31. The molecule has 0 radical (unpaired) electrons. The van der Waals surface area contributed by atoms with Crippen molar-refractivity contribution in [1.82, 2.24) is 9.78 Å². The Labute approximate surface area is 155 Å². The van der Waals surface area contributed by atoms with E-state index in [0.29, 0.717) is 27.9 Å². The fourth-order valence-electron chi connectivity index (χ4n) is 2.26. The monoisotopic (exact) mass is 375 g/mol. The van der Waals surface area contributed by atoms with E-state index >= 15 is 0 Å². The van der Waals surface area contributed by atoms with E-state index in [2.05, 4.69) is 10.4 Å². The van der Waals surface area contributed by atoms with Crippen molar-refractivity contribution < 1.29 is 9.53 Å². The number of carbonyl (C=O) groups is 1. The molecule has 3 aromatic rings. The number of anilines is 1. The molecule has 25 heavy (non-hydrogen) atoms. The van der Waals surface area contributed by atoms with Crippen LogP contribution in [0.5, 0.6) is 5.75 Å². The molecule has 0 bridgehead atoms. The molecule has 0 aliphatic heterocycles. The summed E-state index contributed by atoms with van der Waals surface area (Å²) in [6.45, 7) is 4.25. The highest BCUT2D eigenvalue weighted by atomic mass is 35.5. The van der Waals surface area contributed by atoms with E-state index in [1.165, 1.54) is 11.3 Å². The zero-order valence-corrected chi connectivity index (χ0v) is 15.7. The second-order valence-corrected chi connectivity index (χ2v) is 7.08. The van der Waals surface area contributed by atoms with Crippen molar-refractivity contribution in [2.24, 2.45) is 7.05 Å². The van der Waals surface area contributed by atoms with Gasteiger partial charge in [-0.2, -0.15) is 5.10 Å². The predicted molar refractivity (Wildman–Crippen MR) is 101 cm³/mol. The molecule has 7 heteroatoms. The topological polar surface area (TPSA) is 56.1 Å². The van der Waals surface area contributed by atoms with Crippen LogP contribution in [0, 0.1) is 13.8 Å². The third kappa shape index (κ3) is 4.03. The van der Waals surface area contributed by atoms with Gasteiger partial charge in [-0.05, 0) is 43.0 Å². The van der Waals surface area contributed by atoms with Gasteiger partial charge in [0.1, 0.15) is 12.4 Å². The standard InChI is InChI=1S/C18H18ClN3O2S/c1-11-4-5-14(19)16(6-11)24-9-13-7-17(25-10-13)18(23)21-15-8-20-22(3)12(15)2/h4-8,10H,9H2,1-3H3,(H,21,23). The maximum absolute atomic E-state index is 12.4. The van der Waals surface area contributed by atoms with E-state index in [0.717, 1.165) is 16.8 Å². The van der Waals surface area contributed by atoms with Crippen LogP contribution in [0.3, 0.4) is 0 Å². The van der Waals surface area contributed by atoms with Gasteiger partial charge in [0.15, 0.2) is 0 Å². The molecule has 0 unspecified atom stereocenters. The van der Waals surface area contributed by atoms with Gasteiger partial charge >= 0.3 is 0 Å². The van der Waals surface area contributed by atoms with Gasteiger partial charge < -0.3 is 10.1 Å². The van der Waals surface area contributed by atoms with Gasteiger partial charge in [0.05, 0.1) is 27.5 Å². The molecule has 0 atom stereocenters. The first-order chi connectivity index (χ1) is 11.9. The van der Waals surface area contributed by atoms with Crippen molar-refractivity contribution >= 4 is 34.5 Å². The van der Waals surface area contributed by atoms with E-state index in [1.54, 1.807) is 10.9 Å². The van der Waals surface area contributed by atoms with Crippen molar-refractivity contribution in [1.29, 1.82) is 0 Å². The molecule has 0 saturated heterocycles. The van der Waals surface area contributed by atoms with Crippen LogP contribution < -0.4 is 10.1 Å². The van der Waals surface area contributed by atoms with Crippen molar-refractivity contribution in [2.45, 2.75) is 20.5 Å². The molecule has 1 aromatic carbocycles. The largest absolute Gasteiger partial charge is 0.487 e. The maximum Gasteiger partial charge on any atom is 0.265 e. The number of thiophene rings is 1. The van der Waals surface area contributed by atoms with Crippen LogP contribution in [0.25, 0.3) is 0 Å².